The van der Waals surface area contributed by atoms with Crippen LogP contribution in [-0.2, 0) is 0 Å². The van der Waals surface area contributed by atoms with Crippen molar-refractivity contribution in [3.8, 4) is 5.75 Å². The Kier molecular flexibility index (Phi) is 5.65. The minimum Gasteiger partial charge on any atom is -0.496 e. The van der Waals surface area contributed by atoms with Crippen LogP contribution in [0.1, 0.15) is 24.2 Å². The molecule has 0 atom stereocenters. The zero-order valence-electron chi connectivity index (χ0n) is 10.5. The summed E-state index contributed by atoms with van der Waals surface area (Å²) in [6.45, 7) is 6.28. The molecule has 0 saturated heterocycles. The van der Waals surface area contributed by atoms with Crippen molar-refractivity contribution in [3.63, 3.8) is 0 Å². The molecule has 0 aliphatic rings. The van der Waals surface area contributed by atoms with Gasteiger partial charge in [0.2, 0.25) is 0 Å². The zero-order chi connectivity index (χ0) is 12.8. The van der Waals surface area contributed by atoms with Crippen LogP contribution in [0.15, 0.2) is 22.7 Å². The second-order valence-electron chi connectivity index (χ2n) is 3.73. The Balaban J connectivity index is 2.90. The molecule has 0 heterocycles. The van der Waals surface area contributed by atoms with Crippen LogP contribution in [-0.4, -0.2) is 37.4 Å². The van der Waals surface area contributed by atoms with Crippen LogP contribution in [0.2, 0.25) is 0 Å². The van der Waals surface area contributed by atoms with Crippen LogP contribution < -0.4 is 4.74 Å². The maximum Gasteiger partial charge on any atom is 0.180 e. The van der Waals surface area contributed by atoms with Crippen LogP contribution in [0.3, 0.4) is 0 Å². The number of carbonyl (C=O) groups excluding carboxylic acids is 1. The first-order valence-electron chi connectivity index (χ1n) is 5.71. The van der Waals surface area contributed by atoms with Crippen LogP contribution in [0.4, 0.5) is 0 Å². The van der Waals surface area contributed by atoms with Gasteiger partial charge in [-0.15, -0.1) is 0 Å². The number of rotatable bonds is 6. The maximum absolute atomic E-state index is 12.2. The third-order valence-electron chi connectivity index (χ3n) is 2.72. The van der Waals surface area contributed by atoms with Gasteiger partial charge in [-0.25, -0.2) is 0 Å². The molecule has 94 valence electrons. The summed E-state index contributed by atoms with van der Waals surface area (Å²) < 4.78 is 6.10. The SMILES string of the molecule is CCN(CC)CC(=O)c1cc(Br)ccc1OC. The lowest BCUT2D eigenvalue weighted by Gasteiger charge is -2.17. The quantitative estimate of drug-likeness (QED) is 0.756. The summed E-state index contributed by atoms with van der Waals surface area (Å²) in [6, 6.07) is 5.48. The molecule has 0 aliphatic carbocycles. The maximum atomic E-state index is 12.2. The van der Waals surface area contributed by atoms with Crippen molar-refractivity contribution in [2.24, 2.45) is 0 Å². The standard InChI is InChI=1S/C13H18BrNO2/c1-4-15(5-2)9-12(16)11-8-10(14)6-7-13(11)17-3/h6-8H,4-5,9H2,1-3H3. The third kappa shape index (κ3) is 3.82. The molecule has 1 aromatic rings. The fraction of sp³-hybridized carbons (Fsp3) is 0.462. The van der Waals surface area contributed by atoms with E-state index in [-0.39, 0.29) is 5.78 Å². The molecule has 0 radical (unpaired) electrons. The van der Waals surface area contributed by atoms with Gasteiger partial charge < -0.3 is 4.74 Å². The highest BCUT2D eigenvalue weighted by molar-refractivity contribution is 9.10. The second kappa shape index (κ2) is 6.77. The number of hydrogen-bond donors (Lipinski definition) is 0. The van der Waals surface area contributed by atoms with Crippen LogP contribution in [0.25, 0.3) is 0 Å². The van der Waals surface area contributed by atoms with E-state index in [1.807, 2.05) is 12.1 Å². The molecule has 0 aliphatic heterocycles. The lowest BCUT2D eigenvalue weighted by Crippen LogP contribution is -2.29. The number of nitrogens with zero attached hydrogens (tertiary/aromatic N) is 1. The molecule has 1 rings (SSSR count). The van der Waals surface area contributed by atoms with Crippen molar-refractivity contribution in [1.29, 1.82) is 0 Å². The normalized spacial score (nSPS) is 10.6. The van der Waals surface area contributed by atoms with Crippen molar-refractivity contribution in [2.75, 3.05) is 26.7 Å². The Labute approximate surface area is 111 Å². The van der Waals surface area contributed by atoms with E-state index in [4.69, 9.17) is 4.74 Å². The summed E-state index contributed by atoms with van der Waals surface area (Å²) in [7, 11) is 1.58. The van der Waals surface area contributed by atoms with Crippen LogP contribution in [0, 0.1) is 0 Å². The van der Waals surface area contributed by atoms with E-state index in [0.29, 0.717) is 17.9 Å². The minimum absolute atomic E-state index is 0.0897. The van der Waals surface area contributed by atoms with Crippen LogP contribution >= 0.6 is 15.9 Å². The molecule has 0 saturated carbocycles. The minimum atomic E-state index is 0.0897. The first-order valence-corrected chi connectivity index (χ1v) is 6.50. The second-order valence-corrected chi connectivity index (χ2v) is 4.64. The predicted octanol–water partition coefficient (Wildman–Crippen LogP) is 2.98. The van der Waals surface area contributed by atoms with Crippen molar-refractivity contribution in [1.82, 2.24) is 4.90 Å². The molecule has 0 unspecified atom stereocenters. The Bertz CT molecular complexity index is 389. The number of hydrogen-bond acceptors (Lipinski definition) is 3. The first-order chi connectivity index (χ1) is 8.12. The van der Waals surface area contributed by atoms with E-state index in [9.17, 15) is 4.79 Å². The predicted molar refractivity (Wildman–Crippen MR) is 72.8 cm³/mol. The fourth-order valence-electron chi connectivity index (χ4n) is 1.63. The number of ketones is 1. The number of Topliss-reactive ketones (excluding diaryl/α,β-unsaturated/α-hetero) is 1. The molecular weight excluding hydrogens is 282 g/mol. The van der Waals surface area contributed by atoms with Gasteiger partial charge in [0, 0.05) is 4.47 Å². The molecule has 4 heteroatoms. The van der Waals surface area contributed by atoms with E-state index >= 15 is 0 Å². The topological polar surface area (TPSA) is 29.5 Å². The average Bonchev–Trinajstić information content (AvgIpc) is 2.35. The smallest absolute Gasteiger partial charge is 0.180 e. The largest absolute Gasteiger partial charge is 0.496 e. The van der Waals surface area contributed by atoms with Gasteiger partial charge in [0.1, 0.15) is 5.75 Å². The fourth-order valence-corrected chi connectivity index (χ4v) is 1.99. The van der Waals surface area contributed by atoms with Crippen molar-refractivity contribution in [3.05, 3.63) is 28.2 Å². The first kappa shape index (κ1) is 14.2. The monoisotopic (exact) mass is 299 g/mol. The van der Waals surface area contributed by atoms with Gasteiger partial charge >= 0.3 is 0 Å². The molecule has 0 N–H and O–H groups in total. The highest BCUT2D eigenvalue weighted by Crippen LogP contribution is 2.23. The molecule has 0 amide bonds. The van der Waals surface area contributed by atoms with E-state index in [2.05, 4.69) is 34.7 Å². The number of benzene rings is 1. The average molecular weight is 300 g/mol. The molecule has 0 fully saturated rings. The number of methoxy groups -OCH3 is 1. The van der Waals surface area contributed by atoms with Gasteiger partial charge in [-0.1, -0.05) is 29.8 Å². The molecular formula is C13H18BrNO2. The molecule has 3 nitrogen and oxygen atoms in total. The van der Waals surface area contributed by atoms with Gasteiger partial charge in [-0.2, -0.15) is 0 Å². The molecule has 0 spiro atoms. The summed E-state index contributed by atoms with van der Waals surface area (Å²) in [5, 5.41) is 0. The molecule has 0 aromatic heterocycles. The van der Waals surface area contributed by atoms with E-state index in [1.165, 1.54) is 0 Å². The van der Waals surface area contributed by atoms with E-state index < -0.39 is 0 Å². The van der Waals surface area contributed by atoms with Crippen LogP contribution in [0.5, 0.6) is 5.75 Å². The number of ether oxygens (including phenoxy) is 1. The van der Waals surface area contributed by atoms with Gasteiger partial charge in [-0.05, 0) is 31.3 Å². The number of halogens is 1. The van der Waals surface area contributed by atoms with Gasteiger partial charge in [0.15, 0.2) is 5.78 Å². The lowest BCUT2D eigenvalue weighted by molar-refractivity contribution is 0.0934. The highest BCUT2D eigenvalue weighted by Gasteiger charge is 2.15. The van der Waals surface area contributed by atoms with Gasteiger partial charge in [0.05, 0.1) is 19.2 Å². The number of likely N-dealkylation sites (N-methyl/N-ethyl adjacent to an activating group) is 1. The summed E-state index contributed by atoms with van der Waals surface area (Å²) in [5.41, 5.74) is 0.633. The van der Waals surface area contributed by atoms with Crippen molar-refractivity contribution in [2.45, 2.75) is 13.8 Å². The molecule has 17 heavy (non-hydrogen) atoms. The van der Waals surface area contributed by atoms with Crippen molar-refractivity contribution < 1.29 is 9.53 Å². The highest BCUT2D eigenvalue weighted by atomic mass is 79.9. The lowest BCUT2D eigenvalue weighted by atomic mass is 10.1. The number of carbonyl (C=O) groups is 1. The Morgan fingerprint density at radius 3 is 2.53 bits per heavy atom. The van der Waals surface area contributed by atoms with Crippen molar-refractivity contribution >= 4 is 21.7 Å². The van der Waals surface area contributed by atoms with E-state index in [0.717, 1.165) is 17.6 Å². The van der Waals surface area contributed by atoms with Gasteiger partial charge in [0.25, 0.3) is 0 Å². The Morgan fingerprint density at radius 1 is 1.35 bits per heavy atom. The summed E-state index contributed by atoms with van der Waals surface area (Å²) in [5.74, 6) is 0.720. The summed E-state index contributed by atoms with van der Waals surface area (Å²) in [4.78, 5) is 14.2. The summed E-state index contributed by atoms with van der Waals surface area (Å²) in [6.07, 6.45) is 0. The third-order valence-corrected chi connectivity index (χ3v) is 3.22. The van der Waals surface area contributed by atoms with Gasteiger partial charge in [-0.3, -0.25) is 9.69 Å². The molecule has 0 bridgehead atoms. The zero-order valence-corrected chi connectivity index (χ0v) is 12.1. The van der Waals surface area contributed by atoms with E-state index in [1.54, 1.807) is 13.2 Å². The molecule has 1 aromatic carbocycles. The Morgan fingerprint density at radius 2 is 2.00 bits per heavy atom. The Hall–Kier alpha value is -0.870. The summed E-state index contributed by atoms with van der Waals surface area (Å²) >= 11 is 3.37.